The van der Waals surface area contributed by atoms with E-state index in [0.717, 1.165) is 25.7 Å². The molecule has 154 valence electrons. The van der Waals surface area contributed by atoms with E-state index in [1.807, 2.05) is 0 Å². The van der Waals surface area contributed by atoms with Gasteiger partial charge in [0.15, 0.2) is 0 Å². The van der Waals surface area contributed by atoms with Crippen LogP contribution in [0.1, 0.15) is 36.0 Å². The van der Waals surface area contributed by atoms with Crippen molar-refractivity contribution in [1.82, 2.24) is 19.2 Å². The number of rotatable bonds is 5. The number of nitrogens with zero attached hydrogens (tertiary/aromatic N) is 4. The zero-order chi connectivity index (χ0) is 20.3. The quantitative estimate of drug-likeness (QED) is 0.740. The second kappa shape index (κ2) is 8.46. The van der Waals surface area contributed by atoms with Crippen molar-refractivity contribution in [2.24, 2.45) is 0 Å². The molecule has 4 rings (SSSR count). The van der Waals surface area contributed by atoms with Crippen LogP contribution in [0.2, 0.25) is 0 Å². The summed E-state index contributed by atoms with van der Waals surface area (Å²) in [7, 11) is -3.47. The Morgan fingerprint density at radius 3 is 2.38 bits per heavy atom. The van der Waals surface area contributed by atoms with E-state index in [2.05, 4.69) is 9.97 Å². The van der Waals surface area contributed by atoms with Crippen molar-refractivity contribution in [1.29, 1.82) is 0 Å². The summed E-state index contributed by atoms with van der Waals surface area (Å²) in [5.74, 6) is -0.127. The van der Waals surface area contributed by atoms with E-state index in [4.69, 9.17) is 4.74 Å². The summed E-state index contributed by atoms with van der Waals surface area (Å²) in [5, 5.41) is 0. The molecule has 0 radical (unpaired) electrons. The summed E-state index contributed by atoms with van der Waals surface area (Å²) >= 11 is 0. The van der Waals surface area contributed by atoms with Crippen LogP contribution in [-0.4, -0.2) is 65.8 Å². The molecule has 9 heteroatoms. The van der Waals surface area contributed by atoms with Crippen LogP contribution in [0, 0.1) is 0 Å². The summed E-state index contributed by atoms with van der Waals surface area (Å²) in [6.07, 6.45) is 6.51. The molecule has 0 bridgehead atoms. The molecule has 1 aromatic carbocycles. The van der Waals surface area contributed by atoms with Gasteiger partial charge in [-0.25, -0.2) is 18.4 Å². The lowest BCUT2D eigenvalue weighted by Gasteiger charge is -2.32. The number of sulfonamides is 1. The number of likely N-dealkylation sites (tertiary alicyclic amines) is 1. The van der Waals surface area contributed by atoms with Gasteiger partial charge in [0.1, 0.15) is 6.10 Å². The van der Waals surface area contributed by atoms with Crippen molar-refractivity contribution >= 4 is 15.9 Å². The number of ether oxygens (including phenoxy) is 1. The fourth-order valence-electron chi connectivity index (χ4n) is 3.74. The average Bonchev–Trinajstić information content (AvgIpc) is 3.30. The second-order valence-corrected chi connectivity index (χ2v) is 9.24. The van der Waals surface area contributed by atoms with Crippen LogP contribution < -0.4 is 4.74 Å². The first-order valence-corrected chi connectivity index (χ1v) is 11.3. The van der Waals surface area contributed by atoms with Gasteiger partial charge >= 0.3 is 6.01 Å². The SMILES string of the molecule is O=C(c1ccc(S(=O)(=O)N2CCCC2)cc1)N1CCCC(Oc2ncccn2)C1. The van der Waals surface area contributed by atoms with Crippen LogP contribution in [0.25, 0.3) is 0 Å². The van der Waals surface area contributed by atoms with Gasteiger partial charge < -0.3 is 9.64 Å². The van der Waals surface area contributed by atoms with E-state index >= 15 is 0 Å². The first-order valence-electron chi connectivity index (χ1n) is 9.87. The van der Waals surface area contributed by atoms with Gasteiger partial charge in [-0.3, -0.25) is 4.79 Å². The van der Waals surface area contributed by atoms with Crippen LogP contribution in [0.5, 0.6) is 6.01 Å². The summed E-state index contributed by atoms with van der Waals surface area (Å²) < 4.78 is 32.6. The molecule has 2 fully saturated rings. The third kappa shape index (κ3) is 4.40. The van der Waals surface area contributed by atoms with Crippen LogP contribution in [-0.2, 0) is 10.0 Å². The lowest BCUT2D eigenvalue weighted by Crippen LogP contribution is -2.44. The number of benzene rings is 1. The van der Waals surface area contributed by atoms with Crippen LogP contribution in [0.4, 0.5) is 0 Å². The molecule has 2 aliphatic heterocycles. The minimum absolute atomic E-state index is 0.127. The largest absolute Gasteiger partial charge is 0.458 e. The average molecular weight is 417 g/mol. The maximum absolute atomic E-state index is 12.9. The first-order chi connectivity index (χ1) is 14.0. The Labute approximate surface area is 170 Å². The molecule has 0 saturated carbocycles. The van der Waals surface area contributed by atoms with Gasteiger partial charge in [0.2, 0.25) is 10.0 Å². The van der Waals surface area contributed by atoms with Crippen molar-refractivity contribution in [3.05, 3.63) is 48.3 Å². The van der Waals surface area contributed by atoms with Gasteiger partial charge in [-0.1, -0.05) is 0 Å². The molecule has 1 unspecified atom stereocenters. The van der Waals surface area contributed by atoms with Crippen LogP contribution in [0.3, 0.4) is 0 Å². The van der Waals surface area contributed by atoms with Crippen molar-refractivity contribution in [3.8, 4) is 6.01 Å². The Morgan fingerprint density at radius 2 is 1.69 bits per heavy atom. The number of carbonyl (C=O) groups excluding carboxylic acids is 1. The standard InChI is InChI=1S/C20H24N4O4S/c25-19(23-12-3-5-17(15-23)28-20-21-10-4-11-22-20)16-6-8-18(9-7-16)29(26,27)24-13-1-2-14-24/h4,6-11,17H,1-3,5,12-15H2. The maximum Gasteiger partial charge on any atom is 0.316 e. The molecule has 2 saturated heterocycles. The van der Waals surface area contributed by atoms with E-state index in [1.54, 1.807) is 35.5 Å². The first kappa shape index (κ1) is 19.8. The molecule has 0 spiro atoms. The van der Waals surface area contributed by atoms with Crippen LogP contribution in [0.15, 0.2) is 47.6 Å². The molecule has 8 nitrogen and oxygen atoms in total. The molecule has 1 amide bonds. The fourth-order valence-corrected chi connectivity index (χ4v) is 5.26. The molecular formula is C20H24N4O4S. The van der Waals surface area contributed by atoms with Gasteiger partial charge in [0, 0.05) is 37.6 Å². The summed E-state index contributed by atoms with van der Waals surface area (Å²) in [6.45, 7) is 2.21. The Balaban J connectivity index is 1.42. The Kier molecular flexibility index (Phi) is 5.77. The van der Waals surface area contributed by atoms with Crippen LogP contribution >= 0.6 is 0 Å². The van der Waals surface area contributed by atoms with Gasteiger partial charge in [-0.15, -0.1) is 0 Å². The van der Waals surface area contributed by atoms with Crippen molar-refractivity contribution in [2.45, 2.75) is 36.7 Å². The number of hydrogen-bond acceptors (Lipinski definition) is 6. The highest BCUT2D eigenvalue weighted by Crippen LogP contribution is 2.22. The minimum atomic E-state index is -3.47. The van der Waals surface area contributed by atoms with Gasteiger partial charge in [-0.05, 0) is 56.0 Å². The molecular weight excluding hydrogens is 392 g/mol. The summed E-state index contributed by atoms with van der Waals surface area (Å²) in [4.78, 5) is 23.0. The third-order valence-electron chi connectivity index (χ3n) is 5.28. The smallest absolute Gasteiger partial charge is 0.316 e. The lowest BCUT2D eigenvalue weighted by molar-refractivity contribution is 0.0515. The Bertz CT molecular complexity index is 944. The number of amides is 1. The van der Waals surface area contributed by atoms with E-state index in [-0.39, 0.29) is 16.9 Å². The normalized spacial score (nSPS) is 20.6. The zero-order valence-corrected chi connectivity index (χ0v) is 16.9. The van der Waals surface area contributed by atoms with E-state index in [9.17, 15) is 13.2 Å². The summed E-state index contributed by atoms with van der Waals surface area (Å²) in [6, 6.07) is 8.26. The highest BCUT2D eigenvalue weighted by atomic mass is 32.2. The highest BCUT2D eigenvalue weighted by Gasteiger charge is 2.29. The molecule has 1 atom stereocenters. The molecule has 1 aromatic heterocycles. The maximum atomic E-state index is 12.9. The minimum Gasteiger partial charge on any atom is -0.458 e. The molecule has 0 aliphatic carbocycles. The Morgan fingerprint density at radius 1 is 1.00 bits per heavy atom. The predicted octanol–water partition coefficient (Wildman–Crippen LogP) is 1.94. The predicted molar refractivity (Wildman–Crippen MR) is 106 cm³/mol. The second-order valence-electron chi connectivity index (χ2n) is 7.30. The molecule has 2 aromatic rings. The number of carbonyl (C=O) groups is 1. The van der Waals surface area contributed by atoms with E-state index < -0.39 is 10.0 Å². The topological polar surface area (TPSA) is 92.7 Å². The van der Waals surface area contributed by atoms with Gasteiger partial charge in [0.05, 0.1) is 11.4 Å². The van der Waals surface area contributed by atoms with Crippen molar-refractivity contribution in [3.63, 3.8) is 0 Å². The van der Waals surface area contributed by atoms with Crippen molar-refractivity contribution in [2.75, 3.05) is 26.2 Å². The molecule has 2 aliphatic rings. The monoisotopic (exact) mass is 416 g/mol. The molecule has 29 heavy (non-hydrogen) atoms. The fraction of sp³-hybridized carbons (Fsp3) is 0.450. The zero-order valence-electron chi connectivity index (χ0n) is 16.1. The van der Waals surface area contributed by atoms with E-state index in [1.165, 1.54) is 16.4 Å². The Hall–Kier alpha value is -2.52. The number of hydrogen-bond donors (Lipinski definition) is 0. The lowest BCUT2D eigenvalue weighted by atomic mass is 10.1. The van der Waals surface area contributed by atoms with Gasteiger partial charge in [-0.2, -0.15) is 4.31 Å². The van der Waals surface area contributed by atoms with Crippen molar-refractivity contribution < 1.29 is 17.9 Å². The van der Waals surface area contributed by atoms with Gasteiger partial charge in [0.25, 0.3) is 5.91 Å². The summed E-state index contributed by atoms with van der Waals surface area (Å²) in [5.41, 5.74) is 0.474. The highest BCUT2D eigenvalue weighted by molar-refractivity contribution is 7.89. The number of piperidine rings is 1. The molecule has 0 N–H and O–H groups in total. The molecule has 3 heterocycles. The number of aromatic nitrogens is 2. The third-order valence-corrected chi connectivity index (χ3v) is 7.20. The van der Waals surface area contributed by atoms with E-state index in [0.29, 0.717) is 37.8 Å².